The topological polar surface area (TPSA) is 46.2 Å². The first-order chi connectivity index (χ1) is 6.58. The number of nitrogens with one attached hydrogen (secondary N) is 1. The highest BCUT2D eigenvalue weighted by Crippen LogP contribution is 2.30. The standard InChI is InChI=1S/C9H9ClNO2S/c10-7-1-5-9(6-2-7)14(12,13)11-8-3-4-8/h1-2,5-6,11H,3-4H2. The fourth-order valence-corrected chi connectivity index (χ4v) is 2.35. The Kier molecular flexibility index (Phi) is 2.51. The summed E-state index contributed by atoms with van der Waals surface area (Å²) in [6.07, 6.45) is 1.71. The molecule has 0 aromatic heterocycles. The number of hydrogen-bond donors (Lipinski definition) is 1. The maximum absolute atomic E-state index is 11.6. The average Bonchev–Trinajstić information content (AvgIpc) is 2.88. The second-order valence-electron chi connectivity index (χ2n) is 3.16. The van der Waals surface area contributed by atoms with E-state index in [9.17, 15) is 8.42 Å². The summed E-state index contributed by atoms with van der Waals surface area (Å²) in [4.78, 5) is 0.251. The van der Waals surface area contributed by atoms with Crippen molar-refractivity contribution < 1.29 is 8.42 Å². The van der Waals surface area contributed by atoms with E-state index in [4.69, 9.17) is 11.6 Å². The Labute approximate surface area is 88.1 Å². The van der Waals surface area contributed by atoms with Crippen LogP contribution in [0.3, 0.4) is 0 Å². The van der Waals surface area contributed by atoms with Gasteiger partial charge < -0.3 is 0 Å². The van der Waals surface area contributed by atoms with Crippen molar-refractivity contribution in [3.05, 3.63) is 35.3 Å². The number of benzene rings is 1. The smallest absolute Gasteiger partial charge is 0.207 e. The zero-order chi connectivity index (χ0) is 10.2. The van der Waals surface area contributed by atoms with Crippen LogP contribution in [0.25, 0.3) is 0 Å². The minimum Gasteiger partial charge on any atom is -0.207 e. The molecule has 14 heavy (non-hydrogen) atoms. The first kappa shape index (κ1) is 9.96. The number of hydrogen-bond acceptors (Lipinski definition) is 2. The van der Waals surface area contributed by atoms with Crippen LogP contribution in [-0.4, -0.2) is 8.42 Å². The van der Waals surface area contributed by atoms with Crippen molar-refractivity contribution >= 4 is 21.6 Å². The summed E-state index contributed by atoms with van der Waals surface area (Å²) in [6.45, 7) is 0. The molecule has 1 aliphatic rings. The van der Waals surface area contributed by atoms with Gasteiger partial charge in [0.25, 0.3) is 0 Å². The summed E-state index contributed by atoms with van der Waals surface area (Å²) in [5.41, 5.74) is 0. The molecule has 1 N–H and O–H groups in total. The molecule has 1 radical (unpaired) electrons. The summed E-state index contributed by atoms with van der Waals surface area (Å²) >= 11 is 5.66. The molecule has 5 heteroatoms. The number of sulfonamides is 1. The van der Waals surface area contributed by atoms with Gasteiger partial charge in [0.1, 0.15) is 0 Å². The Morgan fingerprint density at radius 1 is 1.14 bits per heavy atom. The second kappa shape index (κ2) is 3.53. The van der Waals surface area contributed by atoms with E-state index in [1.807, 2.05) is 0 Å². The Balaban J connectivity index is 2.24. The van der Waals surface area contributed by atoms with Gasteiger partial charge in [-0.25, -0.2) is 13.1 Å². The molecule has 75 valence electrons. The molecule has 0 unspecified atom stereocenters. The van der Waals surface area contributed by atoms with Gasteiger partial charge in [0.05, 0.1) is 10.9 Å². The van der Waals surface area contributed by atoms with Gasteiger partial charge in [0.2, 0.25) is 10.0 Å². The van der Waals surface area contributed by atoms with Crippen molar-refractivity contribution in [2.75, 3.05) is 0 Å². The molecule has 0 bridgehead atoms. The maximum atomic E-state index is 11.6. The zero-order valence-electron chi connectivity index (χ0n) is 7.33. The molecular formula is C9H9ClNO2S. The second-order valence-corrected chi connectivity index (χ2v) is 5.28. The minimum atomic E-state index is -3.36. The normalized spacial score (nSPS) is 16.9. The third-order valence-electron chi connectivity index (χ3n) is 1.90. The molecular weight excluding hydrogens is 222 g/mol. The van der Waals surface area contributed by atoms with Gasteiger partial charge in [-0.05, 0) is 37.1 Å². The summed E-state index contributed by atoms with van der Waals surface area (Å²) < 4.78 is 25.7. The van der Waals surface area contributed by atoms with Crippen LogP contribution in [0.5, 0.6) is 0 Å². The van der Waals surface area contributed by atoms with E-state index in [0.29, 0.717) is 5.02 Å². The van der Waals surface area contributed by atoms with Gasteiger partial charge in [-0.15, -0.1) is 0 Å². The largest absolute Gasteiger partial charge is 0.241 e. The molecule has 0 aliphatic heterocycles. The quantitative estimate of drug-likeness (QED) is 0.863. The van der Waals surface area contributed by atoms with E-state index in [2.05, 4.69) is 4.72 Å². The van der Waals surface area contributed by atoms with E-state index in [0.717, 1.165) is 18.9 Å². The number of rotatable bonds is 3. The van der Waals surface area contributed by atoms with Crippen LogP contribution >= 0.6 is 11.6 Å². The van der Waals surface area contributed by atoms with E-state index in [-0.39, 0.29) is 4.90 Å². The van der Waals surface area contributed by atoms with Crippen molar-refractivity contribution in [1.82, 2.24) is 4.72 Å². The molecule has 1 saturated carbocycles. The highest BCUT2D eigenvalue weighted by atomic mass is 35.5. The Bertz CT molecular complexity index is 423. The van der Waals surface area contributed by atoms with E-state index in [1.54, 1.807) is 12.1 Å². The SMILES string of the molecule is O=S(=O)(N[C]1CC1)c1ccc(Cl)cc1. The summed E-state index contributed by atoms with van der Waals surface area (Å²) in [7, 11) is -3.36. The average molecular weight is 231 g/mol. The predicted octanol–water partition coefficient (Wildman–Crippen LogP) is 1.94. The predicted molar refractivity (Wildman–Crippen MR) is 54.3 cm³/mol. The van der Waals surface area contributed by atoms with Crippen LogP contribution in [0.1, 0.15) is 12.8 Å². The lowest BCUT2D eigenvalue weighted by molar-refractivity contribution is 0.587. The van der Waals surface area contributed by atoms with Crippen molar-refractivity contribution in [2.24, 2.45) is 0 Å². The first-order valence-corrected chi connectivity index (χ1v) is 6.07. The van der Waals surface area contributed by atoms with Gasteiger partial charge in [-0.2, -0.15) is 0 Å². The molecule has 1 fully saturated rings. The van der Waals surface area contributed by atoms with E-state index in [1.165, 1.54) is 12.1 Å². The zero-order valence-corrected chi connectivity index (χ0v) is 8.90. The first-order valence-electron chi connectivity index (χ1n) is 4.21. The fourth-order valence-electron chi connectivity index (χ4n) is 1.03. The monoisotopic (exact) mass is 230 g/mol. The Morgan fingerprint density at radius 3 is 2.21 bits per heavy atom. The van der Waals surface area contributed by atoms with Crippen molar-refractivity contribution in [1.29, 1.82) is 0 Å². The van der Waals surface area contributed by atoms with Crippen LogP contribution in [-0.2, 0) is 10.0 Å². The summed E-state index contributed by atoms with van der Waals surface area (Å²) in [5.74, 6) is 0. The van der Waals surface area contributed by atoms with E-state index < -0.39 is 10.0 Å². The third kappa shape index (κ3) is 2.26. The van der Waals surface area contributed by atoms with Crippen molar-refractivity contribution in [3.8, 4) is 0 Å². The van der Waals surface area contributed by atoms with Gasteiger partial charge in [0, 0.05) is 5.02 Å². The highest BCUT2D eigenvalue weighted by Gasteiger charge is 2.28. The number of halogens is 1. The lowest BCUT2D eigenvalue weighted by Crippen LogP contribution is -2.21. The molecule has 0 saturated heterocycles. The molecule has 1 aromatic rings. The van der Waals surface area contributed by atoms with Crippen LogP contribution in [0.15, 0.2) is 29.2 Å². The molecule has 0 heterocycles. The lowest BCUT2D eigenvalue weighted by atomic mass is 10.4. The van der Waals surface area contributed by atoms with Crippen LogP contribution in [0, 0.1) is 6.04 Å². The molecule has 3 nitrogen and oxygen atoms in total. The van der Waals surface area contributed by atoms with Gasteiger partial charge in [-0.3, -0.25) is 0 Å². The fraction of sp³-hybridized carbons (Fsp3) is 0.222. The summed E-state index contributed by atoms with van der Waals surface area (Å²) in [5, 5.41) is 0.531. The third-order valence-corrected chi connectivity index (χ3v) is 3.60. The van der Waals surface area contributed by atoms with Crippen molar-refractivity contribution in [3.63, 3.8) is 0 Å². The van der Waals surface area contributed by atoms with Crippen molar-refractivity contribution in [2.45, 2.75) is 17.7 Å². The van der Waals surface area contributed by atoms with Crippen LogP contribution in [0.2, 0.25) is 5.02 Å². The van der Waals surface area contributed by atoms with Gasteiger partial charge in [-0.1, -0.05) is 11.6 Å². The molecule has 1 aliphatic carbocycles. The lowest BCUT2D eigenvalue weighted by Gasteiger charge is -2.04. The van der Waals surface area contributed by atoms with Crippen LogP contribution < -0.4 is 4.72 Å². The minimum absolute atomic E-state index is 0.251. The van der Waals surface area contributed by atoms with E-state index >= 15 is 0 Å². The molecule has 2 rings (SSSR count). The highest BCUT2D eigenvalue weighted by molar-refractivity contribution is 7.89. The summed E-state index contributed by atoms with van der Waals surface area (Å²) in [6, 6.07) is 6.99. The Morgan fingerprint density at radius 2 is 1.71 bits per heavy atom. The molecule has 0 amide bonds. The van der Waals surface area contributed by atoms with Gasteiger partial charge >= 0.3 is 0 Å². The molecule has 1 aromatic carbocycles. The maximum Gasteiger partial charge on any atom is 0.241 e. The molecule has 0 atom stereocenters. The van der Waals surface area contributed by atoms with Crippen LogP contribution in [0.4, 0.5) is 0 Å². The Hall–Kier alpha value is -0.580. The molecule has 0 spiro atoms. The van der Waals surface area contributed by atoms with Gasteiger partial charge in [0.15, 0.2) is 0 Å².